The molecule has 0 bridgehead atoms. The number of carbonyl (C=O) groups excluding carboxylic acids is 1. The zero-order chi connectivity index (χ0) is 15.5. The Morgan fingerprint density at radius 2 is 1.81 bits per heavy atom. The predicted octanol–water partition coefficient (Wildman–Crippen LogP) is 4.59. The van der Waals surface area contributed by atoms with Gasteiger partial charge in [0.25, 0.3) is 5.91 Å². The molecule has 0 radical (unpaired) electrons. The monoisotopic (exact) mass is 304 g/mol. The van der Waals surface area contributed by atoms with Crippen molar-refractivity contribution in [2.45, 2.75) is 45.6 Å². The van der Waals surface area contributed by atoms with Crippen LogP contribution in [0.5, 0.6) is 0 Å². The maximum Gasteiger partial charge on any atom is 0.270 e. The normalized spacial score (nSPS) is 11.6. The first kappa shape index (κ1) is 15.8. The van der Waals surface area contributed by atoms with Gasteiger partial charge in [0, 0.05) is 10.9 Å². The molecule has 0 saturated heterocycles. The Morgan fingerprint density at radius 3 is 2.43 bits per heavy atom. The van der Waals surface area contributed by atoms with Gasteiger partial charge in [-0.3, -0.25) is 4.79 Å². The van der Waals surface area contributed by atoms with Gasteiger partial charge in [0.05, 0.1) is 10.5 Å². The number of aromatic nitrogens is 1. The molecule has 0 aliphatic rings. The zero-order valence-corrected chi connectivity index (χ0v) is 13.5. The average molecular weight is 305 g/mol. The molecule has 2 rings (SSSR count). The zero-order valence-electron chi connectivity index (χ0n) is 12.7. The highest BCUT2D eigenvalue weighted by Crippen LogP contribution is 2.24. The number of rotatable bonds is 5. The second kappa shape index (κ2) is 6.44. The van der Waals surface area contributed by atoms with Gasteiger partial charge in [-0.1, -0.05) is 50.6 Å². The molecule has 1 aromatic carbocycles. The standard InChI is InChI=1S/C17H21ClN2O/c1-4-17(5-2,6-3)20-16(21)15-11-13(18)12-9-7-8-10-14(12)19-15/h7-11H,4-6H2,1-3H3,(H,20,21). The summed E-state index contributed by atoms with van der Waals surface area (Å²) < 4.78 is 0. The second-order valence-corrected chi connectivity index (χ2v) is 5.71. The quantitative estimate of drug-likeness (QED) is 0.878. The highest BCUT2D eigenvalue weighted by molar-refractivity contribution is 6.35. The van der Waals surface area contributed by atoms with Gasteiger partial charge in [-0.15, -0.1) is 0 Å². The summed E-state index contributed by atoms with van der Waals surface area (Å²) in [6, 6.07) is 9.21. The smallest absolute Gasteiger partial charge is 0.270 e. The van der Waals surface area contributed by atoms with Gasteiger partial charge in [-0.25, -0.2) is 4.98 Å². The molecule has 112 valence electrons. The number of halogens is 1. The first-order valence-corrected chi connectivity index (χ1v) is 7.80. The van der Waals surface area contributed by atoms with Crippen LogP contribution in [0.3, 0.4) is 0 Å². The molecular weight excluding hydrogens is 284 g/mol. The summed E-state index contributed by atoms with van der Waals surface area (Å²) in [6.45, 7) is 6.27. The van der Waals surface area contributed by atoms with Crippen molar-refractivity contribution in [2.24, 2.45) is 0 Å². The number of hydrogen-bond donors (Lipinski definition) is 1. The van der Waals surface area contributed by atoms with E-state index >= 15 is 0 Å². The van der Waals surface area contributed by atoms with E-state index in [0.29, 0.717) is 10.7 Å². The topological polar surface area (TPSA) is 42.0 Å². The summed E-state index contributed by atoms with van der Waals surface area (Å²) in [4.78, 5) is 16.9. The maximum atomic E-state index is 12.5. The lowest BCUT2D eigenvalue weighted by atomic mass is 9.89. The third-order valence-corrected chi connectivity index (χ3v) is 4.62. The Kier molecular flexibility index (Phi) is 4.84. The van der Waals surface area contributed by atoms with Crippen LogP contribution < -0.4 is 5.32 Å². The van der Waals surface area contributed by atoms with E-state index in [0.717, 1.165) is 30.2 Å². The number of nitrogens with zero attached hydrogens (tertiary/aromatic N) is 1. The van der Waals surface area contributed by atoms with E-state index in [1.807, 2.05) is 24.3 Å². The lowest BCUT2D eigenvalue weighted by Gasteiger charge is -2.31. The molecule has 21 heavy (non-hydrogen) atoms. The molecule has 3 nitrogen and oxygen atoms in total. The molecule has 0 spiro atoms. The Labute approximate surface area is 130 Å². The highest BCUT2D eigenvalue weighted by atomic mass is 35.5. The van der Waals surface area contributed by atoms with Gasteiger partial charge in [-0.2, -0.15) is 0 Å². The third-order valence-electron chi connectivity index (χ3n) is 4.31. The first-order chi connectivity index (χ1) is 10.0. The third kappa shape index (κ3) is 3.18. The lowest BCUT2D eigenvalue weighted by Crippen LogP contribution is -2.47. The molecule has 1 aromatic heterocycles. The summed E-state index contributed by atoms with van der Waals surface area (Å²) >= 11 is 6.26. The average Bonchev–Trinajstić information content (AvgIpc) is 2.52. The summed E-state index contributed by atoms with van der Waals surface area (Å²) in [5, 5.41) is 4.55. The van der Waals surface area contributed by atoms with Crippen LogP contribution in [0.2, 0.25) is 5.02 Å². The van der Waals surface area contributed by atoms with E-state index in [9.17, 15) is 4.79 Å². The minimum atomic E-state index is -0.170. The van der Waals surface area contributed by atoms with Crippen LogP contribution in [0.1, 0.15) is 50.5 Å². The largest absolute Gasteiger partial charge is 0.345 e. The van der Waals surface area contributed by atoms with Crippen molar-refractivity contribution in [2.75, 3.05) is 0 Å². The van der Waals surface area contributed by atoms with Crippen LogP contribution >= 0.6 is 11.6 Å². The SMILES string of the molecule is CCC(CC)(CC)NC(=O)c1cc(Cl)c2ccccc2n1. The fourth-order valence-electron chi connectivity index (χ4n) is 2.57. The van der Waals surface area contributed by atoms with Crippen molar-refractivity contribution < 1.29 is 4.79 Å². The highest BCUT2D eigenvalue weighted by Gasteiger charge is 2.27. The summed E-state index contributed by atoms with van der Waals surface area (Å²) in [5.74, 6) is -0.159. The van der Waals surface area contributed by atoms with Crippen LogP contribution in [0.4, 0.5) is 0 Å². The fraction of sp³-hybridized carbons (Fsp3) is 0.412. The number of hydrogen-bond acceptors (Lipinski definition) is 2. The number of benzene rings is 1. The van der Waals surface area contributed by atoms with E-state index in [1.54, 1.807) is 6.07 Å². The molecule has 2 aromatic rings. The second-order valence-electron chi connectivity index (χ2n) is 5.30. The Bertz CT molecular complexity index is 642. The fourth-order valence-corrected chi connectivity index (χ4v) is 2.83. The van der Waals surface area contributed by atoms with Crippen molar-refractivity contribution in [1.29, 1.82) is 0 Å². The number of amides is 1. The van der Waals surface area contributed by atoms with E-state index in [2.05, 4.69) is 31.1 Å². The summed E-state index contributed by atoms with van der Waals surface area (Å²) in [6.07, 6.45) is 2.69. The molecule has 1 N–H and O–H groups in total. The van der Waals surface area contributed by atoms with E-state index in [1.165, 1.54) is 0 Å². The molecular formula is C17H21ClN2O. The Hall–Kier alpha value is -1.61. The van der Waals surface area contributed by atoms with Gasteiger partial charge in [-0.05, 0) is 31.4 Å². The van der Waals surface area contributed by atoms with Crippen LogP contribution in [-0.2, 0) is 0 Å². The van der Waals surface area contributed by atoms with Crippen molar-refractivity contribution in [3.8, 4) is 0 Å². The van der Waals surface area contributed by atoms with Crippen LogP contribution in [0, 0.1) is 0 Å². The molecule has 0 aliphatic heterocycles. The van der Waals surface area contributed by atoms with Gasteiger partial charge in [0.1, 0.15) is 5.69 Å². The molecule has 0 unspecified atom stereocenters. The van der Waals surface area contributed by atoms with Crippen LogP contribution in [0.15, 0.2) is 30.3 Å². The van der Waals surface area contributed by atoms with Crippen molar-refractivity contribution in [3.63, 3.8) is 0 Å². The number of carbonyl (C=O) groups is 1. The Balaban J connectivity index is 2.35. The van der Waals surface area contributed by atoms with E-state index in [-0.39, 0.29) is 11.4 Å². The number of fused-ring (bicyclic) bond motifs is 1. The molecule has 1 amide bonds. The van der Waals surface area contributed by atoms with Gasteiger partial charge in [0.15, 0.2) is 0 Å². The molecule has 0 aliphatic carbocycles. The Morgan fingerprint density at radius 1 is 1.19 bits per heavy atom. The molecule has 0 saturated carbocycles. The molecule has 4 heteroatoms. The van der Waals surface area contributed by atoms with E-state index in [4.69, 9.17) is 11.6 Å². The molecule has 0 atom stereocenters. The van der Waals surface area contributed by atoms with Crippen molar-refractivity contribution in [3.05, 3.63) is 41.0 Å². The number of pyridine rings is 1. The number of nitrogens with one attached hydrogen (secondary N) is 1. The predicted molar refractivity (Wildman–Crippen MR) is 87.8 cm³/mol. The van der Waals surface area contributed by atoms with Crippen molar-refractivity contribution in [1.82, 2.24) is 10.3 Å². The van der Waals surface area contributed by atoms with Gasteiger partial charge >= 0.3 is 0 Å². The van der Waals surface area contributed by atoms with Crippen molar-refractivity contribution >= 4 is 28.4 Å². The van der Waals surface area contributed by atoms with Crippen LogP contribution in [-0.4, -0.2) is 16.4 Å². The summed E-state index contributed by atoms with van der Waals surface area (Å²) in [5.41, 5.74) is 0.945. The van der Waals surface area contributed by atoms with E-state index < -0.39 is 0 Å². The lowest BCUT2D eigenvalue weighted by molar-refractivity contribution is 0.0883. The van der Waals surface area contributed by atoms with Gasteiger partial charge < -0.3 is 5.32 Å². The van der Waals surface area contributed by atoms with Gasteiger partial charge in [0.2, 0.25) is 0 Å². The first-order valence-electron chi connectivity index (χ1n) is 7.43. The van der Waals surface area contributed by atoms with Crippen LogP contribution in [0.25, 0.3) is 10.9 Å². The number of para-hydroxylation sites is 1. The molecule has 1 heterocycles. The minimum Gasteiger partial charge on any atom is -0.345 e. The minimum absolute atomic E-state index is 0.159. The maximum absolute atomic E-state index is 12.5. The molecule has 0 fully saturated rings. The summed E-state index contributed by atoms with van der Waals surface area (Å²) in [7, 11) is 0.